The molecule has 5 heteroatoms. The first kappa shape index (κ1) is 13.5. The minimum atomic E-state index is -0.948. The van der Waals surface area contributed by atoms with Crippen LogP contribution >= 0.6 is 0 Å². The maximum Gasteiger partial charge on any atom is 0.317 e. The minimum Gasteiger partial charge on any atom is -0.491 e. The van der Waals surface area contributed by atoms with Gasteiger partial charge in [-0.25, -0.2) is 0 Å². The zero-order valence-corrected chi connectivity index (χ0v) is 9.72. The average Bonchev–Trinajstić information content (AvgIpc) is 2.28. The van der Waals surface area contributed by atoms with Crippen LogP contribution in [0.3, 0.4) is 0 Å². The summed E-state index contributed by atoms with van der Waals surface area (Å²) in [7, 11) is 0. The van der Waals surface area contributed by atoms with Crippen LogP contribution in [0.2, 0.25) is 0 Å². The van der Waals surface area contributed by atoms with Gasteiger partial charge in [0.05, 0.1) is 6.54 Å². The topological polar surface area (TPSA) is 78.8 Å². The Morgan fingerprint density at radius 3 is 2.65 bits per heavy atom. The number of carboxylic acid groups (broad SMARTS) is 1. The summed E-state index contributed by atoms with van der Waals surface area (Å²) in [5.74, 6) is -0.260. The van der Waals surface area contributed by atoms with Crippen LogP contribution in [0.25, 0.3) is 0 Å². The molecule has 0 bridgehead atoms. The molecule has 1 rings (SSSR count). The number of carbonyl (C=O) groups is 1. The van der Waals surface area contributed by atoms with Gasteiger partial charge in [-0.15, -0.1) is 0 Å². The van der Waals surface area contributed by atoms with Crippen molar-refractivity contribution in [2.24, 2.45) is 0 Å². The molecule has 0 aliphatic heterocycles. The second kappa shape index (κ2) is 6.88. The van der Waals surface area contributed by atoms with E-state index in [9.17, 15) is 9.90 Å². The molecular formula is C12H17NO4. The van der Waals surface area contributed by atoms with Gasteiger partial charge in [-0.2, -0.15) is 0 Å². The fraction of sp³-hybridized carbons (Fsp3) is 0.417. The number of ether oxygens (including phenoxy) is 1. The molecule has 94 valence electrons. The molecule has 1 unspecified atom stereocenters. The van der Waals surface area contributed by atoms with Gasteiger partial charge in [0, 0.05) is 6.54 Å². The van der Waals surface area contributed by atoms with E-state index in [0.29, 0.717) is 5.75 Å². The van der Waals surface area contributed by atoms with Crippen molar-refractivity contribution in [2.75, 3.05) is 19.7 Å². The molecule has 0 aliphatic rings. The van der Waals surface area contributed by atoms with E-state index in [2.05, 4.69) is 5.32 Å². The standard InChI is InChI=1S/C12H17NO4/c1-9-2-4-11(5-3-9)17-8-10(14)6-13-7-12(15)16/h2-5,10,13-14H,6-8H2,1H3,(H,15,16). The van der Waals surface area contributed by atoms with E-state index in [4.69, 9.17) is 9.84 Å². The first-order valence-electron chi connectivity index (χ1n) is 5.38. The van der Waals surface area contributed by atoms with Crippen LogP contribution in [0.5, 0.6) is 5.75 Å². The van der Waals surface area contributed by atoms with Gasteiger partial charge in [0.1, 0.15) is 18.5 Å². The van der Waals surface area contributed by atoms with E-state index >= 15 is 0 Å². The number of nitrogens with one attached hydrogen (secondary N) is 1. The highest BCUT2D eigenvalue weighted by atomic mass is 16.5. The average molecular weight is 239 g/mol. The summed E-state index contributed by atoms with van der Waals surface area (Å²) in [5.41, 5.74) is 1.14. The van der Waals surface area contributed by atoms with E-state index in [0.717, 1.165) is 5.56 Å². The smallest absolute Gasteiger partial charge is 0.317 e. The van der Waals surface area contributed by atoms with Gasteiger partial charge in [-0.1, -0.05) is 17.7 Å². The lowest BCUT2D eigenvalue weighted by Crippen LogP contribution is -2.34. The lowest BCUT2D eigenvalue weighted by atomic mass is 10.2. The lowest BCUT2D eigenvalue weighted by Gasteiger charge is -2.12. The molecule has 1 aromatic rings. The summed E-state index contributed by atoms with van der Waals surface area (Å²) < 4.78 is 5.34. The molecule has 1 aromatic carbocycles. The van der Waals surface area contributed by atoms with Crippen LogP contribution in [0, 0.1) is 6.92 Å². The number of aliphatic hydroxyl groups excluding tert-OH is 1. The molecule has 0 spiro atoms. The molecule has 0 radical (unpaired) electrons. The number of rotatable bonds is 7. The molecule has 0 amide bonds. The molecule has 0 fully saturated rings. The SMILES string of the molecule is Cc1ccc(OCC(O)CNCC(=O)O)cc1. The first-order chi connectivity index (χ1) is 8.08. The van der Waals surface area contributed by atoms with E-state index < -0.39 is 12.1 Å². The normalized spacial score (nSPS) is 12.1. The molecule has 3 N–H and O–H groups in total. The quantitative estimate of drug-likeness (QED) is 0.642. The molecule has 0 saturated heterocycles. The highest BCUT2D eigenvalue weighted by Gasteiger charge is 2.05. The Morgan fingerprint density at radius 2 is 2.06 bits per heavy atom. The third-order valence-electron chi connectivity index (χ3n) is 2.12. The summed E-state index contributed by atoms with van der Waals surface area (Å²) in [6.07, 6.45) is -0.726. The predicted octanol–water partition coefficient (Wildman–Crippen LogP) is 0.409. The largest absolute Gasteiger partial charge is 0.491 e. The van der Waals surface area contributed by atoms with Gasteiger partial charge in [0.25, 0.3) is 0 Å². The van der Waals surface area contributed by atoms with Crippen LogP contribution in [-0.4, -0.2) is 42.0 Å². The van der Waals surface area contributed by atoms with Crippen LogP contribution in [0.4, 0.5) is 0 Å². The van der Waals surface area contributed by atoms with Crippen molar-refractivity contribution >= 4 is 5.97 Å². The molecule has 17 heavy (non-hydrogen) atoms. The molecule has 5 nitrogen and oxygen atoms in total. The fourth-order valence-electron chi connectivity index (χ4n) is 1.23. The van der Waals surface area contributed by atoms with Crippen molar-refractivity contribution in [3.8, 4) is 5.75 Å². The van der Waals surface area contributed by atoms with Crippen LogP contribution < -0.4 is 10.1 Å². The number of hydrogen-bond donors (Lipinski definition) is 3. The molecule has 0 aromatic heterocycles. The van der Waals surface area contributed by atoms with Crippen molar-refractivity contribution in [1.82, 2.24) is 5.32 Å². The van der Waals surface area contributed by atoms with E-state index in [1.54, 1.807) is 0 Å². The van der Waals surface area contributed by atoms with Crippen LogP contribution in [0.15, 0.2) is 24.3 Å². The maximum absolute atomic E-state index is 10.2. The number of benzene rings is 1. The Kier molecular flexibility index (Phi) is 5.45. The van der Waals surface area contributed by atoms with Crippen molar-refractivity contribution in [3.63, 3.8) is 0 Å². The molecular weight excluding hydrogens is 222 g/mol. The van der Waals surface area contributed by atoms with Crippen molar-refractivity contribution in [3.05, 3.63) is 29.8 Å². The number of hydrogen-bond acceptors (Lipinski definition) is 4. The van der Waals surface area contributed by atoms with E-state index in [-0.39, 0.29) is 19.7 Å². The monoisotopic (exact) mass is 239 g/mol. The van der Waals surface area contributed by atoms with Crippen molar-refractivity contribution < 1.29 is 19.7 Å². The van der Waals surface area contributed by atoms with Gasteiger partial charge in [-0.3, -0.25) is 4.79 Å². The van der Waals surface area contributed by atoms with E-state index in [1.807, 2.05) is 31.2 Å². The summed E-state index contributed by atoms with van der Waals surface area (Å²) in [4.78, 5) is 10.2. The third-order valence-corrected chi connectivity index (χ3v) is 2.12. The van der Waals surface area contributed by atoms with Gasteiger partial charge in [0.15, 0.2) is 0 Å². The first-order valence-corrected chi connectivity index (χ1v) is 5.38. The summed E-state index contributed by atoms with van der Waals surface area (Å²) in [6.45, 7) is 2.14. The highest BCUT2D eigenvalue weighted by molar-refractivity contribution is 5.68. The second-order valence-electron chi connectivity index (χ2n) is 3.80. The zero-order chi connectivity index (χ0) is 12.7. The molecule has 0 heterocycles. The molecule has 0 aliphatic carbocycles. The lowest BCUT2D eigenvalue weighted by molar-refractivity contribution is -0.136. The summed E-state index contributed by atoms with van der Waals surface area (Å²) >= 11 is 0. The fourth-order valence-corrected chi connectivity index (χ4v) is 1.23. The van der Waals surface area contributed by atoms with Gasteiger partial charge in [-0.05, 0) is 19.1 Å². The van der Waals surface area contributed by atoms with Crippen molar-refractivity contribution in [1.29, 1.82) is 0 Å². The Morgan fingerprint density at radius 1 is 1.41 bits per heavy atom. The van der Waals surface area contributed by atoms with E-state index in [1.165, 1.54) is 0 Å². The van der Waals surface area contributed by atoms with Crippen LogP contribution in [0.1, 0.15) is 5.56 Å². The zero-order valence-electron chi connectivity index (χ0n) is 9.72. The Bertz CT molecular complexity index is 350. The third kappa shape index (κ3) is 5.89. The maximum atomic E-state index is 10.2. The van der Waals surface area contributed by atoms with Gasteiger partial charge < -0.3 is 20.3 Å². The Balaban J connectivity index is 2.21. The van der Waals surface area contributed by atoms with Crippen LogP contribution in [-0.2, 0) is 4.79 Å². The highest BCUT2D eigenvalue weighted by Crippen LogP contribution is 2.11. The van der Waals surface area contributed by atoms with Gasteiger partial charge >= 0.3 is 5.97 Å². The molecule has 1 atom stereocenters. The number of aliphatic carboxylic acids is 1. The van der Waals surface area contributed by atoms with Crippen molar-refractivity contribution in [2.45, 2.75) is 13.0 Å². The number of aliphatic hydroxyl groups is 1. The Hall–Kier alpha value is -1.59. The van der Waals surface area contributed by atoms with Gasteiger partial charge in [0.2, 0.25) is 0 Å². The summed E-state index contributed by atoms with van der Waals surface area (Å²) in [5, 5.41) is 20.5. The minimum absolute atomic E-state index is 0.135. The predicted molar refractivity (Wildman–Crippen MR) is 63.2 cm³/mol. The number of carboxylic acids is 1. The second-order valence-corrected chi connectivity index (χ2v) is 3.80. The Labute approximate surface area is 100 Å². The number of aryl methyl sites for hydroxylation is 1. The summed E-state index contributed by atoms with van der Waals surface area (Å²) in [6, 6.07) is 7.49. The molecule has 0 saturated carbocycles.